The third-order valence-electron chi connectivity index (χ3n) is 2.27. The van der Waals surface area contributed by atoms with Gasteiger partial charge in [-0.05, 0) is 18.2 Å². The Hall–Kier alpha value is -1.94. The van der Waals surface area contributed by atoms with Crippen LogP contribution in [0.4, 0.5) is 10.9 Å². The summed E-state index contributed by atoms with van der Waals surface area (Å²) < 4.78 is 0. The molecule has 3 rings (SSSR count). The van der Waals surface area contributed by atoms with Crippen molar-refractivity contribution in [3.63, 3.8) is 0 Å². The Morgan fingerprint density at radius 3 is 2.88 bits per heavy atom. The third-order valence-corrected chi connectivity index (χ3v) is 2.95. The van der Waals surface area contributed by atoms with E-state index >= 15 is 0 Å². The van der Waals surface area contributed by atoms with Crippen molar-refractivity contribution in [1.82, 2.24) is 9.97 Å². The van der Waals surface area contributed by atoms with E-state index < -0.39 is 0 Å². The van der Waals surface area contributed by atoms with Gasteiger partial charge in [0.2, 0.25) is 0 Å². The molecule has 0 bridgehead atoms. The third kappa shape index (κ3) is 1.75. The maximum Gasteiger partial charge on any atom is 0.188 e. The molecule has 0 spiro atoms. The molecule has 4 heteroatoms. The molecule has 1 aromatic carbocycles. The Morgan fingerprint density at radius 2 is 2.00 bits per heavy atom. The summed E-state index contributed by atoms with van der Waals surface area (Å²) in [4.78, 5) is 8.66. The van der Waals surface area contributed by atoms with E-state index in [0.29, 0.717) is 0 Å². The lowest BCUT2D eigenvalue weighted by Gasteiger charge is -2.02. The maximum absolute atomic E-state index is 4.51. The van der Waals surface area contributed by atoms with Gasteiger partial charge in [0.25, 0.3) is 0 Å². The van der Waals surface area contributed by atoms with Crippen molar-refractivity contribution < 1.29 is 0 Å². The largest absolute Gasteiger partial charge is 0.316 e. The van der Waals surface area contributed by atoms with Crippen molar-refractivity contribution in [2.24, 2.45) is 0 Å². The van der Waals surface area contributed by atoms with E-state index in [9.17, 15) is 0 Å². The summed E-state index contributed by atoms with van der Waals surface area (Å²) in [5.74, 6) is 0.827. The highest BCUT2D eigenvalue weighted by Gasteiger charge is 1.99. The molecule has 78 valence electrons. The van der Waals surface area contributed by atoms with E-state index in [2.05, 4.69) is 27.4 Å². The summed E-state index contributed by atoms with van der Waals surface area (Å²) in [6.07, 6.45) is 1.77. The van der Waals surface area contributed by atoms with Crippen molar-refractivity contribution >= 4 is 33.2 Å². The quantitative estimate of drug-likeness (QED) is 0.728. The molecule has 0 unspecified atom stereocenters. The Kier molecular flexibility index (Phi) is 2.27. The highest BCUT2D eigenvalue weighted by Crippen LogP contribution is 2.19. The second-order valence-electron chi connectivity index (χ2n) is 3.35. The van der Waals surface area contributed by atoms with Crippen LogP contribution >= 0.6 is 11.3 Å². The van der Waals surface area contributed by atoms with Crippen LogP contribution in [0.2, 0.25) is 0 Å². The molecule has 0 saturated heterocycles. The molecule has 0 atom stereocenters. The summed E-state index contributed by atoms with van der Waals surface area (Å²) in [6, 6.07) is 12.1. The van der Waals surface area contributed by atoms with Gasteiger partial charge in [0, 0.05) is 17.0 Å². The van der Waals surface area contributed by atoms with Crippen molar-refractivity contribution in [3.8, 4) is 0 Å². The van der Waals surface area contributed by atoms with Gasteiger partial charge in [0.05, 0.1) is 5.52 Å². The first-order valence-electron chi connectivity index (χ1n) is 4.94. The number of nitrogens with one attached hydrogen (secondary N) is 1. The number of thiazole rings is 1. The number of anilines is 2. The molecule has 0 aliphatic carbocycles. The molecule has 0 amide bonds. The fourth-order valence-electron chi connectivity index (χ4n) is 1.53. The Morgan fingerprint density at radius 1 is 1.06 bits per heavy atom. The van der Waals surface area contributed by atoms with Crippen LogP contribution in [0.5, 0.6) is 0 Å². The van der Waals surface area contributed by atoms with E-state index in [1.165, 1.54) is 0 Å². The van der Waals surface area contributed by atoms with Crippen molar-refractivity contribution in [1.29, 1.82) is 0 Å². The maximum atomic E-state index is 4.51. The summed E-state index contributed by atoms with van der Waals surface area (Å²) in [5.41, 5.74) is 0.990. The zero-order chi connectivity index (χ0) is 10.8. The Bertz CT molecular complexity index is 604. The molecular formula is C12H9N3S. The fraction of sp³-hybridized carbons (Fsp3) is 0. The highest BCUT2D eigenvalue weighted by atomic mass is 32.1. The van der Waals surface area contributed by atoms with E-state index in [0.717, 1.165) is 21.9 Å². The first kappa shape index (κ1) is 9.30. The SMILES string of the molecule is c1ccc2nc(Nc3nccs3)ccc2c1. The van der Waals surface area contributed by atoms with Crippen molar-refractivity contribution in [3.05, 3.63) is 48.0 Å². The van der Waals surface area contributed by atoms with Crippen LogP contribution in [0.1, 0.15) is 0 Å². The van der Waals surface area contributed by atoms with Crippen LogP contribution in [0.15, 0.2) is 48.0 Å². The second kappa shape index (κ2) is 3.90. The first-order valence-corrected chi connectivity index (χ1v) is 5.82. The zero-order valence-electron chi connectivity index (χ0n) is 8.42. The van der Waals surface area contributed by atoms with E-state index in [-0.39, 0.29) is 0 Å². The van der Waals surface area contributed by atoms with Gasteiger partial charge >= 0.3 is 0 Å². The predicted molar refractivity (Wildman–Crippen MR) is 67.1 cm³/mol. The minimum atomic E-state index is 0.827. The summed E-state index contributed by atoms with van der Waals surface area (Å²) in [6.45, 7) is 0. The average molecular weight is 227 g/mol. The average Bonchev–Trinajstić information content (AvgIpc) is 2.82. The number of benzene rings is 1. The van der Waals surface area contributed by atoms with Crippen molar-refractivity contribution in [2.45, 2.75) is 0 Å². The monoisotopic (exact) mass is 227 g/mol. The van der Waals surface area contributed by atoms with Crippen LogP contribution in [0.25, 0.3) is 10.9 Å². The molecule has 0 radical (unpaired) electrons. The molecule has 0 aliphatic heterocycles. The second-order valence-corrected chi connectivity index (χ2v) is 4.25. The number of hydrogen-bond donors (Lipinski definition) is 1. The minimum Gasteiger partial charge on any atom is -0.316 e. The van der Waals surface area contributed by atoms with Gasteiger partial charge in [0.15, 0.2) is 5.13 Å². The van der Waals surface area contributed by atoms with Crippen LogP contribution in [0.3, 0.4) is 0 Å². The molecule has 16 heavy (non-hydrogen) atoms. The van der Waals surface area contributed by atoms with E-state index in [1.54, 1.807) is 17.5 Å². The normalized spacial score (nSPS) is 10.5. The van der Waals surface area contributed by atoms with Gasteiger partial charge < -0.3 is 5.32 Å². The van der Waals surface area contributed by atoms with Crippen molar-refractivity contribution in [2.75, 3.05) is 5.32 Å². The molecule has 3 aromatic rings. The molecular weight excluding hydrogens is 218 g/mol. The van der Waals surface area contributed by atoms with Gasteiger partial charge in [-0.25, -0.2) is 9.97 Å². The number of aromatic nitrogens is 2. The molecule has 0 saturated carbocycles. The number of hydrogen-bond acceptors (Lipinski definition) is 4. The minimum absolute atomic E-state index is 0.827. The smallest absolute Gasteiger partial charge is 0.188 e. The lowest BCUT2D eigenvalue weighted by molar-refractivity contribution is 1.33. The molecule has 0 aliphatic rings. The number of nitrogens with zero attached hydrogens (tertiary/aromatic N) is 2. The summed E-state index contributed by atoms with van der Waals surface area (Å²) in [7, 11) is 0. The van der Waals surface area contributed by atoms with Crippen LogP contribution in [0, 0.1) is 0 Å². The number of rotatable bonds is 2. The molecule has 2 aromatic heterocycles. The molecule has 2 heterocycles. The Balaban J connectivity index is 1.99. The summed E-state index contributed by atoms with van der Waals surface area (Å²) >= 11 is 1.56. The van der Waals surface area contributed by atoms with Gasteiger partial charge in [-0.1, -0.05) is 18.2 Å². The molecule has 3 nitrogen and oxygen atoms in total. The molecule has 0 fully saturated rings. The fourth-order valence-corrected chi connectivity index (χ4v) is 2.07. The first-order chi connectivity index (χ1) is 7.92. The van der Waals surface area contributed by atoms with E-state index in [1.807, 2.05) is 29.6 Å². The van der Waals surface area contributed by atoms with Gasteiger partial charge in [-0.15, -0.1) is 11.3 Å². The topological polar surface area (TPSA) is 37.8 Å². The number of para-hydroxylation sites is 1. The molecule has 1 N–H and O–H groups in total. The highest BCUT2D eigenvalue weighted by molar-refractivity contribution is 7.13. The summed E-state index contributed by atoms with van der Waals surface area (Å²) in [5, 5.41) is 7.12. The number of fused-ring (bicyclic) bond motifs is 1. The van der Waals surface area contributed by atoms with Gasteiger partial charge in [-0.3, -0.25) is 0 Å². The van der Waals surface area contributed by atoms with Crippen LogP contribution < -0.4 is 5.32 Å². The predicted octanol–water partition coefficient (Wildman–Crippen LogP) is 3.43. The Labute approximate surface area is 96.8 Å². The van der Waals surface area contributed by atoms with Gasteiger partial charge in [0.1, 0.15) is 5.82 Å². The van der Waals surface area contributed by atoms with Crippen LogP contribution in [-0.2, 0) is 0 Å². The lowest BCUT2D eigenvalue weighted by atomic mass is 10.2. The number of pyridine rings is 1. The van der Waals surface area contributed by atoms with Crippen LogP contribution in [-0.4, -0.2) is 9.97 Å². The standard InChI is InChI=1S/C12H9N3S/c1-2-4-10-9(3-1)5-6-11(14-10)15-12-13-7-8-16-12/h1-8H,(H,13,14,15). The van der Waals surface area contributed by atoms with E-state index in [4.69, 9.17) is 0 Å². The lowest BCUT2D eigenvalue weighted by Crippen LogP contribution is -1.92. The zero-order valence-corrected chi connectivity index (χ0v) is 9.24. The van der Waals surface area contributed by atoms with Gasteiger partial charge in [-0.2, -0.15) is 0 Å².